The van der Waals surface area contributed by atoms with Crippen molar-refractivity contribution in [3.63, 3.8) is 0 Å². The molecule has 0 heterocycles. The fourth-order valence-electron chi connectivity index (χ4n) is 1.13. The van der Waals surface area contributed by atoms with Gasteiger partial charge in [-0.05, 0) is 19.3 Å². The van der Waals surface area contributed by atoms with Crippen LogP contribution in [0, 0.1) is 0 Å². The van der Waals surface area contributed by atoms with Crippen molar-refractivity contribution in [2.75, 3.05) is 13.2 Å². The highest BCUT2D eigenvalue weighted by Crippen LogP contribution is 2.23. The Balaban J connectivity index is 2.39. The quantitative estimate of drug-likeness (QED) is 0.524. The van der Waals surface area contributed by atoms with Crippen LogP contribution >= 0.6 is 0 Å². The Hall–Kier alpha value is -0.120. The van der Waals surface area contributed by atoms with Crippen LogP contribution in [-0.2, 0) is 0 Å². The van der Waals surface area contributed by atoms with Crippen LogP contribution in [0.5, 0.6) is 0 Å². The summed E-state index contributed by atoms with van der Waals surface area (Å²) in [7, 11) is 0. The summed E-state index contributed by atoms with van der Waals surface area (Å²) >= 11 is 0. The standard InChI is InChI=1S/C8H17NO2/c1-2-8(5-10,6-11)9-7-3-4-7/h7,9-11H,2-6H2,1H3. The number of aliphatic hydroxyl groups excluding tert-OH is 2. The highest BCUT2D eigenvalue weighted by atomic mass is 16.3. The zero-order valence-electron chi connectivity index (χ0n) is 7.01. The van der Waals surface area contributed by atoms with Crippen LogP contribution in [0.25, 0.3) is 0 Å². The summed E-state index contributed by atoms with van der Waals surface area (Å²) in [4.78, 5) is 0. The van der Waals surface area contributed by atoms with Gasteiger partial charge in [0.15, 0.2) is 0 Å². The lowest BCUT2D eigenvalue weighted by molar-refractivity contribution is 0.0862. The third-order valence-corrected chi connectivity index (χ3v) is 2.37. The third kappa shape index (κ3) is 2.15. The van der Waals surface area contributed by atoms with Gasteiger partial charge in [0, 0.05) is 6.04 Å². The maximum absolute atomic E-state index is 9.03. The first-order chi connectivity index (χ1) is 5.26. The summed E-state index contributed by atoms with van der Waals surface area (Å²) in [6.45, 7) is 2.02. The molecular formula is C8H17NO2. The minimum Gasteiger partial charge on any atom is -0.394 e. The van der Waals surface area contributed by atoms with Gasteiger partial charge >= 0.3 is 0 Å². The molecule has 3 heteroatoms. The highest BCUT2D eigenvalue weighted by molar-refractivity contribution is 4.93. The van der Waals surface area contributed by atoms with Gasteiger partial charge in [0.1, 0.15) is 0 Å². The molecule has 0 saturated heterocycles. The number of hydrogen-bond acceptors (Lipinski definition) is 3. The van der Waals surface area contributed by atoms with Crippen molar-refractivity contribution in [1.29, 1.82) is 0 Å². The second-order valence-electron chi connectivity index (χ2n) is 3.37. The van der Waals surface area contributed by atoms with Crippen LogP contribution < -0.4 is 5.32 Å². The van der Waals surface area contributed by atoms with Crippen molar-refractivity contribution in [3.8, 4) is 0 Å². The first-order valence-electron chi connectivity index (χ1n) is 4.26. The van der Waals surface area contributed by atoms with Gasteiger partial charge in [0.25, 0.3) is 0 Å². The Morgan fingerprint density at radius 2 is 1.91 bits per heavy atom. The van der Waals surface area contributed by atoms with Crippen LogP contribution in [0.2, 0.25) is 0 Å². The Labute approximate surface area is 67.4 Å². The SMILES string of the molecule is CCC(CO)(CO)NC1CC1. The summed E-state index contributed by atoms with van der Waals surface area (Å²) in [6, 6.07) is 0.536. The van der Waals surface area contributed by atoms with E-state index in [1.165, 1.54) is 12.8 Å². The Kier molecular flexibility index (Phi) is 2.87. The van der Waals surface area contributed by atoms with Gasteiger partial charge < -0.3 is 15.5 Å². The van der Waals surface area contributed by atoms with Gasteiger partial charge in [-0.15, -0.1) is 0 Å². The lowest BCUT2D eigenvalue weighted by Crippen LogP contribution is -2.52. The second kappa shape index (κ2) is 3.52. The fraction of sp³-hybridized carbons (Fsp3) is 1.00. The van der Waals surface area contributed by atoms with Crippen LogP contribution in [0.3, 0.4) is 0 Å². The van der Waals surface area contributed by atoms with Crippen LogP contribution in [0.15, 0.2) is 0 Å². The molecule has 0 radical (unpaired) electrons. The Morgan fingerprint density at radius 3 is 2.18 bits per heavy atom. The predicted molar refractivity (Wildman–Crippen MR) is 43.4 cm³/mol. The smallest absolute Gasteiger partial charge is 0.0647 e. The molecule has 1 aliphatic rings. The predicted octanol–water partition coefficient (Wildman–Crippen LogP) is -0.128. The molecule has 0 atom stereocenters. The Morgan fingerprint density at radius 1 is 1.36 bits per heavy atom. The lowest BCUT2D eigenvalue weighted by Gasteiger charge is -2.29. The molecule has 0 aromatic carbocycles. The van der Waals surface area contributed by atoms with E-state index in [2.05, 4.69) is 5.32 Å². The average Bonchev–Trinajstić information content (AvgIpc) is 2.84. The topological polar surface area (TPSA) is 52.5 Å². The normalized spacial score (nSPS) is 18.8. The molecule has 0 unspecified atom stereocenters. The number of hydrogen-bond donors (Lipinski definition) is 3. The molecule has 3 N–H and O–H groups in total. The van der Waals surface area contributed by atoms with Crippen molar-refractivity contribution in [2.24, 2.45) is 0 Å². The summed E-state index contributed by atoms with van der Waals surface area (Å²) in [5.74, 6) is 0. The van der Waals surface area contributed by atoms with Gasteiger partial charge in [-0.1, -0.05) is 6.92 Å². The molecule has 0 aromatic rings. The Bertz CT molecular complexity index is 111. The minimum absolute atomic E-state index is 0.0243. The van der Waals surface area contributed by atoms with Gasteiger partial charge in [0.05, 0.1) is 18.8 Å². The molecule has 66 valence electrons. The van der Waals surface area contributed by atoms with Crippen molar-refractivity contribution in [3.05, 3.63) is 0 Å². The van der Waals surface area contributed by atoms with E-state index >= 15 is 0 Å². The lowest BCUT2D eigenvalue weighted by atomic mass is 9.98. The number of aliphatic hydroxyl groups is 2. The molecule has 1 fully saturated rings. The zero-order valence-corrected chi connectivity index (χ0v) is 7.01. The number of nitrogens with one attached hydrogen (secondary N) is 1. The van der Waals surface area contributed by atoms with E-state index < -0.39 is 5.54 Å². The summed E-state index contributed by atoms with van der Waals surface area (Å²) in [5, 5.41) is 21.3. The molecule has 11 heavy (non-hydrogen) atoms. The minimum atomic E-state index is -0.429. The molecule has 3 nitrogen and oxygen atoms in total. The molecule has 0 amide bonds. The summed E-state index contributed by atoms with van der Waals surface area (Å²) < 4.78 is 0. The molecule has 0 bridgehead atoms. The first-order valence-corrected chi connectivity index (χ1v) is 4.26. The monoisotopic (exact) mass is 159 g/mol. The number of rotatable bonds is 5. The van der Waals surface area contributed by atoms with Crippen LogP contribution in [-0.4, -0.2) is 35.0 Å². The summed E-state index contributed by atoms with van der Waals surface area (Å²) in [6.07, 6.45) is 3.14. The van der Waals surface area contributed by atoms with Gasteiger partial charge in [0.2, 0.25) is 0 Å². The fourth-order valence-corrected chi connectivity index (χ4v) is 1.13. The first kappa shape index (κ1) is 8.97. The third-order valence-electron chi connectivity index (χ3n) is 2.37. The highest BCUT2D eigenvalue weighted by Gasteiger charge is 2.33. The van der Waals surface area contributed by atoms with E-state index in [0.29, 0.717) is 6.04 Å². The molecular weight excluding hydrogens is 142 g/mol. The molecule has 1 rings (SSSR count). The van der Waals surface area contributed by atoms with E-state index in [1.54, 1.807) is 0 Å². The van der Waals surface area contributed by atoms with Crippen molar-refractivity contribution < 1.29 is 10.2 Å². The second-order valence-corrected chi connectivity index (χ2v) is 3.37. The largest absolute Gasteiger partial charge is 0.394 e. The van der Waals surface area contributed by atoms with Crippen LogP contribution in [0.1, 0.15) is 26.2 Å². The molecule has 0 aliphatic heterocycles. The molecule has 1 aliphatic carbocycles. The zero-order chi connectivity index (χ0) is 8.32. The summed E-state index contributed by atoms with van der Waals surface area (Å²) in [5.41, 5.74) is -0.429. The van der Waals surface area contributed by atoms with E-state index in [4.69, 9.17) is 10.2 Å². The van der Waals surface area contributed by atoms with Crippen molar-refractivity contribution >= 4 is 0 Å². The molecule has 1 saturated carbocycles. The van der Waals surface area contributed by atoms with Gasteiger partial charge in [-0.2, -0.15) is 0 Å². The average molecular weight is 159 g/mol. The van der Waals surface area contributed by atoms with Crippen LogP contribution in [0.4, 0.5) is 0 Å². The molecule has 0 aromatic heterocycles. The van der Waals surface area contributed by atoms with Crippen molar-refractivity contribution in [1.82, 2.24) is 5.32 Å². The van der Waals surface area contributed by atoms with Crippen molar-refractivity contribution in [2.45, 2.75) is 37.8 Å². The maximum atomic E-state index is 9.03. The molecule has 0 spiro atoms. The van der Waals surface area contributed by atoms with E-state index in [0.717, 1.165) is 6.42 Å². The van der Waals surface area contributed by atoms with E-state index in [-0.39, 0.29) is 13.2 Å². The van der Waals surface area contributed by atoms with Gasteiger partial charge in [-0.3, -0.25) is 0 Å². The van der Waals surface area contributed by atoms with E-state index in [1.807, 2.05) is 6.92 Å². The van der Waals surface area contributed by atoms with Gasteiger partial charge in [-0.25, -0.2) is 0 Å². The maximum Gasteiger partial charge on any atom is 0.0647 e. The van der Waals surface area contributed by atoms with E-state index in [9.17, 15) is 0 Å².